The lowest BCUT2D eigenvalue weighted by molar-refractivity contribution is 0.0733. The third-order valence-electron chi connectivity index (χ3n) is 3.83. The molecule has 6 nitrogen and oxygen atoms in total. The first-order valence-corrected chi connectivity index (χ1v) is 9.14. The molecule has 3 rings (SSSR count). The average Bonchev–Trinajstić information content (AvgIpc) is 2.70. The van der Waals surface area contributed by atoms with E-state index in [4.69, 9.17) is 4.74 Å². The second-order valence-electron chi connectivity index (χ2n) is 5.83. The quantitative estimate of drug-likeness (QED) is 0.281. The second kappa shape index (κ2) is 9.05. The molecule has 0 aliphatic carbocycles. The number of ether oxygens (including phenoxy) is 1. The highest BCUT2D eigenvalue weighted by atomic mass is 79.9. The van der Waals surface area contributed by atoms with Crippen LogP contribution < -0.4 is 10.2 Å². The van der Waals surface area contributed by atoms with Crippen LogP contribution in [0.1, 0.15) is 31.8 Å². The summed E-state index contributed by atoms with van der Waals surface area (Å²) in [6.45, 7) is 1.84. The number of amides is 1. The van der Waals surface area contributed by atoms with Crippen LogP contribution in [0.3, 0.4) is 0 Å². The van der Waals surface area contributed by atoms with Gasteiger partial charge >= 0.3 is 5.97 Å². The van der Waals surface area contributed by atoms with Gasteiger partial charge in [-0.15, -0.1) is 0 Å². The summed E-state index contributed by atoms with van der Waals surface area (Å²) in [5, 5.41) is 3.95. The number of hydrazone groups is 1. The Bertz CT molecular complexity index is 1040. The second-order valence-corrected chi connectivity index (χ2v) is 6.74. The van der Waals surface area contributed by atoms with Crippen molar-refractivity contribution >= 4 is 34.0 Å². The Labute approximate surface area is 170 Å². The maximum absolute atomic E-state index is 12.5. The fourth-order valence-corrected chi connectivity index (χ4v) is 2.77. The van der Waals surface area contributed by atoms with Crippen LogP contribution in [0.25, 0.3) is 0 Å². The molecule has 0 radical (unpaired) electrons. The Balaban J connectivity index is 1.76. The zero-order chi connectivity index (χ0) is 19.9. The van der Waals surface area contributed by atoms with Gasteiger partial charge in [0.25, 0.3) is 5.91 Å². The third kappa shape index (κ3) is 4.89. The molecule has 1 aromatic heterocycles. The van der Waals surface area contributed by atoms with Gasteiger partial charge in [-0.25, -0.2) is 10.2 Å². The van der Waals surface area contributed by atoms with E-state index in [-0.39, 0.29) is 0 Å². The summed E-state index contributed by atoms with van der Waals surface area (Å²) in [5.41, 5.74) is 4.65. The van der Waals surface area contributed by atoms with Crippen LogP contribution in [0.4, 0.5) is 0 Å². The molecule has 1 N–H and O–H groups in total. The average molecular weight is 438 g/mol. The molecule has 1 amide bonds. The predicted octanol–water partition coefficient (Wildman–Crippen LogP) is 4.14. The van der Waals surface area contributed by atoms with Crippen molar-refractivity contribution in [1.82, 2.24) is 10.4 Å². The fraction of sp³-hybridized carbons (Fsp3) is 0.0476. The number of hydrogen-bond acceptors (Lipinski definition) is 5. The number of benzene rings is 2. The van der Waals surface area contributed by atoms with Crippen LogP contribution in [0, 0.1) is 6.92 Å². The molecule has 0 aliphatic heterocycles. The molecule has 0 unspecified atom stereocenters. The number of nitrogens with one attached hydrogen (secondary N) is 1. The normalized spacial score (nSPS) is 10.6. The van der Waals surface area contributed by atoms with E-state index in [1.54, 1.807) is 48.7 Å². The van der Waals surface area contributed by atoms with Crippen molar-refractivity contribution in [2.45, 2.75) is 6.92 Å². The first-order chi connectivity index (χ1) is 13.5. The molecule has 2 aromatic carbocycles. The number of hydrogen-bond donors (Lipinski definition) is 1. The highest BCUT2D eigenvalue weighted by molar-refractivity contribution is 9.10. The summed E-state index contributed by atoms with van der Waals surface area (Å²) in [6, 6.07) is 15.6. The van der Waals surface area contributed by atoms with Gasteiger partial charge in [-0.3, -0.25) is 9.78 Å². The number of rotatable bonds is 5. The SMILES string of the molecule is Cc1ccccc1C(=O)Oc1ccc(Br)cc1/C=N\NC(=O)c1cccnc1. The van der Waals surface area contributed by atoms with E-state index in [9.17, 15) is 9.59 Å². The zero-order valence-electron chi connectivity index (χ0n) is 14.9. The monoisotopic (exact) mass is 437 g/mol. The maximum Gasteiger partial charge on any atom is 0.343 e. The predicted molar refractivity (Wildman–Crippen MR) is 110 cm³/mol. The van der Waals surface area contributed by atoms with Crippen molar-refractivity contribution in [2.75, 3.05) is 0 Å². The van der Waals surface area contributed by atoms with Gasteiger partial charge < -0.3 is 4.74 Å². The smallest absolute Gasteiger partial charge is 0.343 e. The third-order valence-corrected chi connectivity index (χ3v) is 4.33. The highest BCUT2D eigenvalue weighted by Gasteiger charge is 2.13. The molecular formula is C21H16BrN3O3. The number of pyridine rings is 1. The Morgan fingerprint density at radius 1 is 1.14 bits per heavy atom. The lowest BCUT2D eigenvalue weighted by atomic mass is 10.1. The van der Waals surface area contributed by atoms with E-state index in [0.717, 1.165) is 10.0 Å². The first kappa shape index (κ1) is 19.4. The molecule has 0 aliphatic rings. The Hall–Kier alpha value is -3.32. The molecule has 0 fully saturated rings. The summed E-state index contributed by atoms with van der Waals surface area (Å²) in [4.78, 5) is 28.4. The van der Waals surface area contributed by atoms with Crippen molar-refractivity contribution in [1.29, 1.82) is 0 Å². The number of halogens is 1. The summed E-state index contributed by atoms with van der Waals surface area (Å²) >= 11 is 3.38. The van der Waals surface area contributed by atoms with Crippen LogP contribution in [0.2, 0.25) is 0 Å². The number of carbonyl (C=O) groups is 2. The van der Waals surface area contributed by atoms with E-state index >= 15 is 0 Å². The van der Waals surface area contributed by atoms with Gasteiger partial charge in [-0.1, -0.05) is 34.1 Å². The van der Waals surface area contributed by atoms with E-state index < -0.39 is 11.9 Å². The molecule has 1 heterocycles. The summed E-state index contributed by atoms with van der Waals surface area (Å²) in [7, 11) is 0. The summed E-state index contributed by atoms with van der Waals surface area (Å²) in [5.74, 6) is -0.525. The van der Waals surface area contributed by atoms with Crippen LogP contribution in [0.15, 0.2) is 76.6 Å². The molecule has 0 atom stereocenters. The highest BCUT2D eigenvalue weighted by Crippen LogP contribution is 2.23. The largest absolute Gasteiger partial charge is 0.422 e. The minimum atomic E-state index is -0.463. The van der Waals surface area contributed by atoms with E-state index in [0.29, 0.717) is 22.4 Å². The van der Waals surface area contributed by atoms with E-state index in [2.05, 4.69) is 31.4 Å². The first-order valence-electron chi connectivity index (χ1n) is 8.35. The fourth-order valence-electron chi connectivity index (χ4n) is 2.39. The van der Waals surface area contributed by atoms with Crippen molar-refractivity contribution in [3.8, 4) is 5.75 Å². The lowest BCUT2D eigenvalue weighted by Crippen LogP contribution is -2.18. The minimum Gasteiger partial charge on any atom is -0.422 e. The molecule has 0 spiro atoms. The van der Waals surface area contributed by atoms with Gasteiger partial charge in [0.15, 0.2) is 0 Å². The molecular weight excluding hydrogens is 422 g/mol. The molecule has 3 aromatic rings. The Morgan fingerprint density at radius 3 is 2.71 bits per heavy atom. The number of nitrogens with zero attached hydrogens (tertiary/aromatic N) is 2. The van der Waals surface area contributed by atoms with Crippen LogP contribution in [0.5, 0.6) is 5.75 Å². The van der Waals surface area contributed by atoms with Crippen molar-refractivity contribution in [3.63, 3.8) is 0 Å². The zero-order valence-corrected chi connectivity index (χ0v) is 16.5. The number of aryl methyl sites for hydroxylation is 1. The Kier molecular flexibility index (Phi) is 6.29. The topological polar surface area (TPSA) is 80.6 Å². The summed E-state index contributed by atoms with van der Waals surface area (Å²) < 4.78 is 6.32. The van der Waals surface area contributed by atoms with Crippen LogP contribution >= 0.6 is 15.9 Å². The lowest BCUT2D eigenvalue weighted by Gasteiger charge is -2.09. The number of carbonyl (C=O) groups excluding carboxylic acids is 2. The van der Waals surface area contributed by atoms with Gasteiger partial charge in [0.05, 0.1) is 17.3 Å². The van der Waals surface area contributed by atoms with Gasteiger partial charge in [-0.2, -0.15) is 5.10 Å². The molecule has 0 saturated carbocycles. The van der Waals surface area contributed by atoms with Gasteiger partial charge in [0.2, 0.25) is 0 Å². The van der Waals surface area contributed by atoms with E-state index in [1.807, 2.05) is 19.1 Å². The van der Waals surface area contributed by atoms with E-state index in [1.165, 1.54) is 12.4 Å². The molecule has 7 heteroatoms. The van der Waals surface area contributed by atoms with Crippen molar-refractivity contribution < 1.29 is 14.3 Å². The van der Waals surface area contributed by atoms with Gasteiger partial charge in [-0.05, 0) is 48.9 Å². The van der Waals surface area contributed by atoms with Crippen LogP contribution in [-0.4, -0.2) is 23.1 Å². The standard InChI is InChI=1S/C21H16BrN3O3/c1-14-5-2-3-7-18(14)21(27)28-19-9-8-17(22)11-16(19)13-24-25-20(26)15-6-4-10-23-12-15/h2-13H,1H3,(H,25,26)/b24-13-. The number of esters is 1. The minimum absolute atomic E-state index is 0.329. The van der Waals surface area contributed by atoms with Gasteiger partial charge in [0, 0.05) is 22.4 Å². The molecule has 28 heavy (non-hydrogen) atoms. The molecule has 0 saturated heterocycles. The maximum atomic E-state index is 12.5. The van der Waals surface area contributed by atoms with Crippen LogP contribution in [-0.2, 0) is 0 Å². The molecule has 0 bridgehead atoms. The molecule has 140 valence electrons. The van der Waals surface area contributed by atoms with Crippen molar-refractivity contribution in [3.05, 3.63) is 93.7 Å². The summed E-state index contributed by atoms with van der Waals surface area (Å²) in [6.07, 6.45) is 4.44. The van der Waals surface area contributed by atoms with Gasteiger partial charge in [0.1, 0.15) is 5.75 Å². The van der Waals surface area contributed by atoms with Crippen molar-refractivity contribution in [2.24, 2.45) is 5.10 Å². The Morgan fingerprint density at radius 2 is 1.96 bits per heavy atom. The number of aromatic nitrogens is 1.